The highest BCUT2D eigenvalue weighted by Gasteiger charge is 2.12. The summed E-state index contributed by atoms with van der Waals surface area (Å²) in [5.41, 5.74) is 3.03. The highest BCUT2D eigenvalue weighted by atomic mass is 35.5. The average Bonchev–Trinajstić information content (AvgIpc) is 2.57. The Hall–Kier alpha value is -1.79. The van der Waals surface area contributed by atoms with Gasteiger partial charge in [-0.3, -0.25) is 9.59 Å². The van der Waals surface area contributed by atoms with Gasteiger partial charge in [-0.15, -0.1) is 0 Å². The van der Waals surface area contributed by atoms with E-state index < -0.39 is 11.8 Å². The van der Waals surface area contributed by atoms with Crippen molar-refractivity contribution in [2.45, 2.75) is 0 Å². The smallest absolute Gasteiger partial charge is 0.259 e. The van der Waals surface area contributed by atoms with Gasteiger partial charge in [0.2, 0.25) is 0 Å². The number of hydrogen-bond acceptors (Lipinski definition) is 3. The van der Waals surface area contributed by atoms with Crippen LogP contribution in [0, 0.1) is 0 Å². The summed E-state index contributed by atoms with van der Waals surface area (Å²) in [5.74, 6) is -1.04. The minimum Gasteiger partial charge on any atom is -0.343 e. The molecule has 2 aromatic rings. The molecule has 25 heavy (non-hydrogen) atoms. The van der Waals surface area contributed by atoms with Gasteiger partial charge in [0.05, 0.1) is 28.4 Å². The molecule has 0 fully saturated rings. The van der Waals surface area contributed by atoms with Crippen LogP contribution in [0.2, 0.25) is 20.1 Å². The minimum absolute atomic E-state index is 0.179. The fourth-order valence-electron chi connectivity index (χ4n) is 1.75. The molecule has 2 N–H and O–H groups in total. The fourth-order valence-corrected chi connectivity index (χ4v) is 2.58. The van der Waals surface area contributed by atoms with Gasteiger partial charge in [-0.1, -0.05) is 52.5 Å². The molecule has 2 rings (SSSR count). The van der Waals surface area contributed by atoms with E-state index in [1.54, 1.807) is 24.3 Å². The highest BCUT2D eigenvalue weighted by Crippen LogP contribution is 2.20. The lowest BCUT2D eigenvalue weighted by atomic mass is 10.2. The molecular formula is C16H11Cl4N3O2. The molecule has 0 heterocycles. The van der Waals surface area contributed by atoms with E-state index in [-0.39, 0.29) is 17.1 Å². The summed E-state index contributed by atoms with van der Waals surface area (Å²) in [4.78, 5) is 23.7. The first-order valence-electron chi connectivity index (χ1n) is 6.87. The van der Waals surface area contributed by atoms with E-state index in [9.17, 15) is 9.59 Å². The van der Waals surface area contributed by atoms with Crippen molar-refractivity contribution in [3.63, 3.8) is 0 Å². The van der Waals surface area contributed by atoms with E-state index in [2.05, 4.69) is 15.8 Å². The summed E-state index contributed by atoms with van der Waals surface area (Å²) in [6.45, 7) is -0.284. The summed E-state index contributed by atoms with van der Waals surface area (Å²) < 4.78 is 0. The molecule has 0 saturated heterocycles. The van der Waals surface area contributed by atoms with Crippen LogP contribution in [-0.2, 0) is 4.79 Å². The molecule has 0 aliphatic heterocycles. The van der Waals surface area contributed by atoms with E-state index in [1.165, 1.54) is 18.3 Å². The van der Waals surface area contributed by atoms with Gasteiger partial charge >= 0.3 is 0 Å². The van der Waals surface area contributed by atoms with Crippen molar-refractivity contribution < 1.29 is 9.59 Å². The third-order valence-corrected chi connectivity index (χ3v) is 4.07. The molecule has 130 valence electrons. The zero-order valence-corrected chi connectivity index (χ0v) is 15.5. The molecule has 0 spiro atoms. The number of amides is 2. The maximum absolute atomic E-state index is 12.0. The number of rotatable bonds is 5. The number of hydrogen-bond donors (Lipinski definition) is 2. The summed E-state index contributed by atoms with van der Waals surface area (Å²) in [6.07, 6.45) is 1.37. The second-order valence-electron chi connectivity index (χ2n) is 4.77. The molecular weight excluding hydrogens is 408 g/mol. The molecule has 0 radical (unpaired) electrons. The minimum atomic E-state index is -0.521. The van der Waals surface area contributed by atoms with E-state index in [0.717, 1.165) is 0 Å². The summed E-state index contributed by atoms with van der Waals surface area (Å²) in [6, 6.07) is 9.33. The summed E-state index contributed by atoms with van der Waals surface area (Å²) >= 11 is 23.5. The van der Waals surface area contributed by atoms with E-state index in [0.29, 0.717) is 20.6 Å². The van der Waals surface area contributed by atoms with Gasteiger partial charge in [-0.25, -0.2) is 5.43 Å². The lowest BCUT2D eigenvalue weighted by Crippen LogP contribution is -2.35. The van der Waals surface area contributed by atoms with Crippen molar-refractivity contribution >= 4 is 64.4 Å². The zero-order valence-electron chi connectivity index (χ0n) is 12.5. The molecule has 0 aromatic heterocycles. The van der Waals surface area contributed by atoms with E-state index in [4.69, 9.17) is 46.4 Å². The Bertz CT molecular complexity index is 840. The van der Waals surface area contributed by atoms with Gasteiger partial charge in [-0.2, -0.15) is 5.10 Å². The molecule has 0 bridgehead atoms. The quantitative estimate of drug-likeness (QED) is 0.564. The Labute approximate surface area is 163 Å². The summed E-state index contributed by atoms with van der Waals surface area (Å²) in [7, 11) is 0. The third kappa shape index (κ3) is 5.90. The first kappa shape index (κ1) is 19.5. The van der Waals surface area contributed by atoms with E-state index >= 15 is 0 Å². The van der Waals surface area contributed by atoms with Crippen molar-refractivity contribution in [2.75, 3.05) is 6.54 Å². The number of benzene rings is 2. The van der Waals surface area contributed by atoms with Crippen LogP contribution < -0.4 is 10.7 Å². The fraction of sp³-hybridized carbons (Fsp3) is 0.0625. The number of halogens is 4. The first-order chi connectivity index (χ1) is 11.9. The SMILES string of the molecule is O=C(CNC(=O)c1cc(Cl)ccc1Cl)N/N=C/c1ccc(Cl)cc1Cl. The van der Waals surface area contributed by atoms with Crippen LogP contribution in [0.1, 0.15) is 15.9 Å². The second kappa shape index (κ2) is 9.06. The van der Waals surface area contributed by atoms with Crippen molar-refractivity contribution in [3.8, 4) is 0 Å². The topological polar surface area (TPSA) is 70.6 Å². The predicted octanol–water partition coefficient (Wildman–Crippen LogP) is 4.18. The van der Waals surface area contributed by atoms with Crippen LogP contribution in [0.15, 0.2) is 41.5 Å². The van der Waals surface area contributed by atoms with Crippen molar-refractivity contribution in [2.24, 2.45) is 5.10 Å². The zero-order chi connectivity index (χ0) is 18.4. The average molecular weight is 419 g/mol. The monoisotopic (exact) mass is 417 g/mol. The van der Waals surface area contributed by atoms with Gasteiger partial charge < -0.3 is 5.32 Å². The Kier molecular flexibility index (Phi) is 7.08. The van der Waals surface area contributed by atoms with Crippen LogP contribution >= 0.6 is 46.4 Å². The van der Waals surface area contributed by atoms with Gasteiger partial charge in [0, 0.05) is 15.6 Å². The van der Waals surface area contributed by atoms with Crippen LogP contribution in [0.5, 0.6) is 0 Å². The molecule has 0 unspecified atom stereocenters. The van der Waals surface area contributed by atoms with Gasteiger partial charge in [0.25, 0.3) is 11.8 Å². The third-order valence-electron chi connectivity index (χ3n) is 2.94. The van der Waals surface area contributed by atoms with Crippen LogP contribution in [0.25, 0.3) is 0 Å². The normalized spacial score (nSPS) is 10.7. The Morgan fingerprint density at radius 3 is 2.36 bits per heavy atom. The molecule has 0 aliphatic carbocycles. The van der Waals surface area contributed by atoms with Crippen molar-refractivity contribution in [3.05, 3.63) is 67.6 Å². The van der Waals surface area contributed by atoms with Crippen molar-refractivity contribution in [1.82, 2.24) is 10.7 Å². The number of nitrogens with one attached hydrogen (secondary N) is 2. The maximum atomic E-state index is 12.0. The molecule has 9 heteroatoms. The van der Waals surface area contributed by atoms with Crippen molar-refractivity contribution in [1.29, 1.82) is 0 Å². The lowest BCUT2D eigenvalue weighted by Gasteiger charge is -2.06. The maximum Gasteiger partial charge on any atom is 0.259 e. The number of carbonyl (C=O) groups excluding carboxylic acids is 2. The van der Waals surface area contributed by atoms with Crippen LogP contribution in [0.4, 0.5) is 0 Å². The second-order valence-corrected chi connectivity index (χ2v) is 6.45. The predicted molar refractivity (Wildman–Crippen MR) is 101 cm³/mol. The lowest BCUT2D eigenvalue weighted by molar-refractivity contribution is -0.120. The molecule has 2 aromatic carbocycles. The molecule has 0 atom stereocenters. The Morgan fingerprint density at radius 1 is 0.960 bits per heavy atom. The first-order valence-corrected chi connectivity index (χ1v) is 8.38. The highest BCUT2D eigenvalue weighted by molar-refractivity contribution is 6.36. The molecule has 0 saturated carbocycles. The molecule has 2 amide bonds. The largest absolute Gasteiger partial charge is 0.343 e. The number of carbonyl (C=O) groups is 2. The molecule has 5 nitrogen and oxygen atoms in total. The summed E-state index contributed by atoms with van der Waals surface area (Å²) in [5, 5.41) is 7.68. The van der Waals surface area contributed by atoms with Crippen LogP contribution in [-0.4, -0.2) is 24.6 Å². The van der Waals surface area contributed by atoms with Gasteiger partial charge in [0.1, 0.15) is 0 Å². The van der Waals surface area contributed by atoms with E-state index in [1.807, 2.05) is 0 Å². The van der Waals surface area contributed by atoms with Gasteiger partial charge in [-0.05, 0) is 30.3 Å². The Morgan fingerprint density at radius 2 is 1.64 bits per heavy atom. The number of nitrogens with zero attached hydrogens (tertiary/aromatic N) is 1. The number of hydrazone groups is 1. The standard InChI is InChI=1S/C16H11Cl4N3O2/c17-10-3-4-13(19)12(5-10)16(25)21-8-15(24)23-22-7-9-1-2-11(18)6-14(9)20/h1-7H,8H2,(H,21,25)(H,23,24)/b22-7+. The van der Waals surface area contributed by atoms with Gasteiger partial charge in [0.15, 0.2) is 0 Å². The Balaban J connectivity index is 1.87. The van der Waals surface area contributed by atoms with Crippen LogP contribution in [0.3, 0.4) is 0 Å². The molecule has 0 aliphatic rings.